The fourth-order valence-corrected chi connectivity index (χ4v) is 4.01. The first-order valence-electron chi connectivity index (χ1n) is 8.35. The minimum Gasteiger partial charge on any atom is -0.457 e. The molecule has 1 aliphatic rings. The van der Waals surface area contributed by atoms with E-state index in [-0.39, 0.29) is 10.7 Å². The number of pyridine rings is 1. The molecule has 7 heteroatoms. The topological polar surface area (TPSA) is 85.4 Å². The van der Waals surface area contributed by atoms with E-state index in [1.165, 1.54) is 12.1 Å². The lowest BCUT2D eigenvalue weighted by atomic mass is 10.2. The Morgan fingerprint density at radius 3 is 2.41 bits per heavy atom. The zero-order valence-electron chi connectivity index (χ0n) is 14.3. The highest BCUT2D eigenvalue weighted by Crippen LogP contribution is 2.31. The highest BCUT2D eigenvalue weighted by Gasteiger charge is 2.23. The Morgan fingerprint density at radius 1 is 0.926 bits per heavy atom. The van der Waals surface area contributed by atoms with Crippen LogP contribution < -0.4 is 9.46 Å². The molecule has 0 bridgehead atoms. The Labute approximate surface area is 156 Å². The molecule has 0 fully saturated rings. The largest absolute Gasteiger partial charge is 0.457 e. The second-order valence-electron chi connectivity index (χ2n) is 6.17. The van der Waals surface area contributed by atoms with Gasteiger partial charge >= 0.3 is 0 Å². The van der Waals surface area contributed by atoms with E-state index in [2.05, 4.69) is 9.71 Å². The first kappa shape index (κ1) is 17.2. The fraction of sp³-hybridized carbons (Fsp3) is 0.100. The Hall–Kier alpha value is -3.19. The van der Waals surface area contributed by atoms with Crippen molar-refractivity contribution in [1.29, 1.82) is 0 Å². The summed E-state index contributed by atoms with van der Waals surface area (Å²) in [6.07, 6.45) is 2.29. The van der Waals surface area contributed by atoms with Gasteiger partial charge in [0.1, 0.15) is 17.3 Å². The second-order valence-corrected chi connectivity index (χ2v) is 7.85. The number of carbonyl (C=O) groups excluding carboxylic acids is 1. The van der Waals surface area contributed by atoms with Crippen LogP contribution in [0.3, 0.4) is 0 Å². The molecule has 0 radical (unpaired) electrons. The molecule has 0 atom stereocenters. The number of ketones is 1. The highest BCUT2D eigenvalue weighted by molar-refractivity contribution is 7.92. The van der Waals surface area contributed by atoms with Crippen molar-refractivity contribution in [3.05, 3.63) is 78.1 Å². The number of benzene rings is 2. The third kappa shape index (κ3) is 3.68. The van der Waals surface area contributed by atoms with Crippen molar-refractivity contribution in [3.8, 4) is 11.5 Å². The van der Waals surface area contributed by atoms with Crippen molar-refractivity contribution in [1.82, 2.24) is 4.98 Å². The maximum absolute atomic E-state index is 12.4. The Balaban J connectivity index is 1.51. The van der Waals surface area contributed by atoms with Gasteiger partial charge in [-0.05, 0) is 42.5 Å². The third-order valence-electron chi connectivity index (χ3n) is 4.23. The molecule has 4 rings (SSSR count). The van der Waals surface area contributed by atoms with Crippen LogP contribution in [-0.4, -0.2) is 19.2 Å². The smallest absolute Gasteiger partial charge is 0.261 e. The average molecular weight is 380 g/mol. The number of carbonyl (C=O) groups is 1. The van der Waals surface area contributed by atoms with Crippen LogP contribution >= 0.6 is 0 Å². The van der Waals surface area contributed by atoms with E-state index in [1.54, 1.807) is 54.7 Å². The van der Waals surface area contributed by atoms with E-state index < -0.39 is 10.0 Å². The number of sulfonamides is 1. The van der Waals surface area contributed by atoms with E-state index in [0.29, 0.717) is 30.0 Å². The molecular weight excluding hydrogens is 364 g/mol. The predicted octanol–water partition coefficient (Wildman–Crippen LogP) is 3.34. The van der Waals surface area contributed by atoms with Gasteiger partial charge in [0.25, 0.3) is 10.0 Å². The summed E-state index contributed by atoms with van der Waals surface area (Å²) in [5.74, 6) is 1.27. The molecule has 136 valence electrons. The van der Waals surface area contributed by atoms with Gasteiger partial charge in [0, 0.05) is 30.3 Å². The second kappa shape index (κ2) is 6.85. The molecule has 0 unspecified atom stereocenters. The van der Waals surface area contributed by atoms with E-state index in [4.69, 9.17) is 4.74 Å². The normalized spacial score (nSPS) is 13.3. The molecule has 0 amide bonds. The first-order chi connectivity index (χ1) is 13.0. The zero-order valence-corrected chi connectivity index (χ0v) is 15.1. The van der Waals surface area contributed by atoms with E-state index in [9.17, 15) is 13.2 Å². The van der Waals surface area contributed by atoms with Crippen LogP contribution in [0.15, 0.2) is 71.8 Å². The average Bonchev–Trinajstić information content (AvgIpc) is 3.05. The Morgan fingerprint density at radius 2 is 1.67 bits per heavy atom. The number of hydrogen-bond acceptors (Lipinski definition) is 5. The van der Waals surface area contributed by atoms with Gasteiger partial charge in [0.15, 0.2) is 0 Å². The van der Waals surface area contributed by atoms with Gasteiger partial charge in [0.05, 0.1) is 10.6 Å². The molecule has 2 aromatic carbocycles. The Bertz CT molecular complexity index is 1090. The van der Waals surface area contributed by atoms with Crippen LogP contribution in [0.2, 0.25) is 0 Å². The minimum atomic E-state index is -3.64. The summed E-state index contributed by atoms with van der Waals surface area (Å²) in [5.41, 5.74) is 2.00. The monoisotopic (exact) mass is 380 g/mol. The van der Waals surface area contributed by atoms with E-state index >= 15 is 0 Å². The molecular formula is C20H16N2O4S. The van der Waals surface area contributed by atoms with Crippen molar-refractivity contribution >= 4 is 21.5 Å². The summed E-state index contributed by atoms with van der Waals surface area (Å²) in [5, 5.41) is 0. The molecule has 3 aromatic rings. The number of fused-ring (bicyclic) bond motifs is 1. The summed E-state index contributed by atoms with van der Waals surface area (Å²) < 4.78 is 33.1. The van der Waals surface area contributed by atoms with Gasteiger partial charge < -0.3 is 4.74 Å². The molecule has 1 N–H and O–H groups in total. The van der Waals surface area contributed by atoms with Crippen LogP contribution in [0, 0.1) is 0 Å². The molecule has 1 aliphatic carbocycles. The van der Waals surface area contributed by atoms with Crippen molar-refractivity contribution < 1.29 is 17.9 Å². The van der Waals surface area contributed by atoms with Gasteiger partial charge in [-0.15, -0.1) is 0 Å². The Kier molecular flexibility index (Phi) is 4.37. The maximum Gasteiger partial charge on any atom is 0.261 e. The van der Waals surface area contributed by atoms with Gasteiger partial charge in [-0.3, -0.25) is 14.5 Å². The summed E-state index contributed by atoms with van der Waals surface area (Å²) in [6.45, 7) is 0. The van der Waals surface area contributed by atoms with Crippen LogP contribution in [-0.2, 0) is 27.7 Å². The van der Waals surface area contributed by atoms with Gasteiger partial charge in [-0.2, -0.15) is 0 Å². The van der Waals surface area contributed by atoms with Crippen molar-refractivity contribution in [2.24, 2.45) is 0 Å². The zero-order chi connectivity index (χ0) is 18.9. The quantitative estimate of drug-likeness (QED) is 0.734. The summed E-state index contributed by atoms with van der Waals surface area (Å²) in [4.78, 5) is 16.1. The minimum absolute atomic E-state index is 0.124. The third-order valence-corrected chi connectivity index (χ3v) is 5.63. The SMILES string of the molecule is O=C1Cc2nccc(Oc3ccc(NS(=O)(=O)c4ccccc4)cc3)c2C1. The van der Waals surface area contributed by atoms with Gasteiger partial charge in [0.2, 0.25) is 0 Å². The van der Waals surface area contributed by atoms with Crippen LogP contribution in [0.25, 0.3) is 0 Å². The number of aromatic nitrogens is 1. The first-order valence-corrected chi connectivity index (χ1v) is 9.84. The summed E-state index contributed by atoms with van der Waals surface area (Å²) in [7, 11) is -3.64. The van der Waals surface area contributed by atoms with Gasteiger partial charge in [-0.1, -0.05) is 18.2 Å². The predicted molar refractivity (Wildman–Crippen MR) is 100 cm³/mol. The van der Waals surface area contributed by atoms with E-state index in [0.717, 1.165) is 11.3 Å². The van der Waals surface area contributed by atoms with Crippen molar-refractivity contribution in [2.75, 3.05) is 4.72 Å². The lowest BCUT2D eigenvalue weighted by molar-refractivity contribution is -0.117. The van der Waals surface area contributed by atoms with Crippen molar-refractivity contribution in [3.63, 3.8) is 0 Å². The number of anilines is 1. The molecule has 0 spiro atoms. The number of rotatable bonds is 5. The van der Waals surface area contributed by atoms with Crippen LogP contribution in [0.1, 0.15) is 11.3 Å². The number of hydrogen-bond donors (Lipinski definition) is 1. The van der Waals surface area contributed by atoms with E-state index in [1.807, 2.05) is 0 Å². The molecule has 1 aromatic heterocycles. The van der Waals surface area contributed by atoms with Crippen molar-refractivity contribution in [2.45, 2.75) is 17.7 Å². The van der Waals surface area contributed by atoms with Crippen LogP contribution in [0.5, 0.6) is 11.5 Å². The molecule has 1 heterocycles. The van der Waals surface area contributed by atoms with Crippen LogP contribution in [0.4, 0.5) is 5.69 Å². The fourth-order valence-electron chi connectivity index (χ4n) is 2.93. The summed E-state index contributed by atoms with van der Waals surface area (Å²) in [6, 6.07) is 16.5. The molecule has 0 aliphatic heterocycles. The number of nitrogens with one attached hydrogen (secondary N) is 1. The lowest BCUT2D eigenvalue weighted by Crippen LogP contribution is -2.12. The molecule has 27 heavy (non-hydrogen) atoms. The standard InChI is InChI=1S/C20H16N2O4S/c23-15-12-18-19(13-15)21-11-10-20(18)26-16-8-6-14(7-9-16)22-27(24,25)17-4-2-1-3-5-17/h1-11,22H,12-13H2. The molecule has 6 nitrogen and oxygen atoms in total. The number of ether oxygens (including phenoxy) is 1. The lowest BCUT2D eigenvalue weighted by Gasteiger charge is -2.11. The molecule has 0 saturated heterocycles. The highest BCUT2D eigenvalue weighted by atomic mass is 32.2. The maximum atomic E-state index is 12.4. The van der Waals surface area contributed by atoms with Gasteiger partial charge in [-0.25, -0.2) is 8.42 Å². The summed E-state index contributed by atoms with van der Waals surface area (Å²) >= 11 is 0. The number of nitrogens with zero attached hydrogens (tertiary/aromatic N) is 1. The molecule has 0 saturated carbocycles. The number of Topliss-reactive ketones (excluding diaryl/α,β-unsaturated/α-hetero) is 1.